The minimum atomic E-state index is -3.26. The van der Waals surface area contributed by atoms with Gasteiger partial charge in [0.2, 0.25) is 0 Å². The maximum Gasteiger partial charge on any atom is 0.337 e. The smallest absolute Gasteiger partial charge is 0.337 e. The fourth-order valence-corrected chi connectivity index (χ4v) is 4.05. The van der Waals surface area contributed by atoms with Crippen LogP contribution < -0.4 is 0 Å². The fourth-order valence-electron chi connectivity index (χ4n) is 1.91. The maximum absolute atomic E-state index is 12.6. The van der Waals surface area contributed by atoms with Crippen LogP contribution in [0.3, 0.4) is 0 Å². The van der Waals surface area contributed by atoms with Crippen LogP contribution in [0, 0.1) is 5.21 Å². The highest BCUT2D eigenvalue weighted by atomic mass is 31.2. The highest BCUT2D eigenvalue weighted by molar-refractivity contribution is 7.53. The first-order valence-electron chi connectivity index (χ1n) is 7.07. The van der Waals surface area contributed by atoms with Crippen molar-refractivity contribution in [2.45, 2.75) is 33.2 Å². The van der Waals surface area contributed by atoms with Crippen LogP contribution in [-0.2, 0) is 13.6 Å². The summed E-state index contributed by atoms with van der Waals surface area (Å²) < 4.78 is 23.9. The van der Waals surface area contributed by atoms with E-state index in [0.717, 1.165) is 10.3 Å². The monoisotopic (exact) mass is 313 g/mol. The van der Waals surface area contributed by atoms with E-state index in [-0.39, 0.29) is 19.4 Å². The first-order chi connectivity index (χ1) is 9.83. The van der Waals surface area contributed by atoms with E-state index in [1.54, 1.807) is 27.7 Å². The standard InChI is InChI=1S/C15H24NO4P/c1-5-19-21(18,20-6-2)13-15(3,4)16(17)12-14-10-8-7-9-11-14/h7-12H,5-6,13H2,1-4H3/b16-12-. The molecule has 21 heavy (non-hydrogen) atoms. The number of hydroxylamine groups is 1. The van der Waals surface area contributed by atoms with Gasteiger partial charge in [0.05, 0.1) is 13.2 Å². The van der Waals surface area contributed by atoms with Crippen LogP contribution >= 0.6 is 7.60 Å². The molecule has 0 aliphatic rings. The zero-order valence-electron chi connectivity index (χ0n) is 13.1. The quantitative estimate of drug-likeness (QED) is 0.241. The topological polar surface area (TPSA) is 61.6 Å². The van der Waals surface area contributed by atoms with Crippen molar-refractivity contribution >= 4 is 13.8 Å². The van der Waals surface area contributed by atoms with Crippen molar-refractivity contribution in [1.29, 1.82) is 0 Å². The van der Waals surface area contributed by atoms with Crippen LogP contribution in [0.25, 0.3) is 0 Å². The average Bonchev–Trinajstić information content (AvgIpc) is 2.39. The highest BCUT2D eigenvalue weighted by Crippen LogP contribution is 2.50. The second kappa shape index (κ2) is 7.74. The van der Waals surface area contributed by atoms with Gasteiger partial charge in [-0.3, -0.25) is 4.57 Å². The molecule has 1 rings (SSSR count). The molecule has 5 nitrogen and oxygen atoms in total. The largest absolute Gasteiger partial charge is 0.623 e. The summed E-state index contributed by atoms with van der Waals surface area (Å²) in [5.74, 6) is 0. The van der Waals surface area contributed by atoms with Crippen molar-refractivity contribution in [2.75, 3.05) is 19.4 Å². The first-order valence-corrected chi connectivity index (χ1v) is 8.80. The summed E-state index contributed by atoms with van der Waals surface area (Å²) in [4.78, 5) is 0. The van der Waals surface area contributed by atoms with E-state index < -0.39 is 13.1 Å². The Hall–Kier alpha value is -1.16. The molecule has 0 saturated heterocycles. The van der Waals surface area contributed by atoms with Gasteiger partial charge in [0.25, 0.3) is 0 Å². The normalized spacial score (nSPS) is 13.4. The molecule has 0 saturated carbocycles. The Morgan fingerprint density at radius 1 is 1.19 bits per heavy atom. The molecule has 0 aliphatic carbocycles. The Morgan fingerprint density at radius 3 is 2.19 bits per heavy atom. The van der Waals surface area contributed by atoms with E-state index in [0.29, 0.717) is 0 Å². The minimum absolute atomic E-state index is 0.0362. The second-order valence-corrected chi connectivity index (χ2v) is 7.34. The summed E-state index contributed by atoms with van der Waals surface area (Å²) in [7, 11) is -3.26. The summed E-state index contributed by atoms with van der Waals surface area (Å²) in [6, 6.07) is 9.28. The molecule has 0 spiro atoms. The van der Waals surface area contributed by atoms with Gasteiger partial charge in [0.1, 0.15) is 6.16 Å². The molecule has 1 aromatic carbocycles. The fraction of sp³-hybridized carbons (Fsp3) is 0.533. The van der Waals surface area contributed by atoms with Crippen molar-refractivity contribution in [2.24, 2.45) is 0 Å². The predicted octanol–water partition coefficient (Wildman–Crippen LogP) is 3.66. The summed E-state index contributed by atoms with van der Waals surface area (Å²) in [5.41, 5.74) is -0.0985. The zero-order valence-corrected chi connectivity index (χ0v) is 14.0. The lowest BCUT2D eigenvalue weighted by molar-refractivity contribution is -0.529. The Bertz CT molecular complexity index is 504. The van der Waals surface area contributed by atoms with Crippen molar-refractivity contribution in [3.8, 4) is 0 Å². The maximum atomic E-state index is 12.6. The molecule has 0 aliphatic heterocycles. The number of benzene rings is 1. The Morgan fingerprint density at radius 2 is 1.71 bits per heavy atom. The van der Waals surface area contributed by atoms with E-state index in [1.165, 1.54) is 6.21 Å². The summed E-state index contributed by atoms with van der Waals surface area (Å²) in [5, 5.41) is 12.3. The van der Waals surface area contributed by atoms with E-state index in [2.05, 4.69) is 0 Å². The van der Waals surface area contributed by atoms with Crippen LogP contribution in [0.4, 0.5) is 0 Å². The third-order valence-corrected chi connectivity index (χ3v) is 5.36. The summed E-state index contributed by atoms with van der Waals surface area (Å²) in [6.07, 6.45) is 1.52. The molecular formula is C15H24NO4P. The molecule has 0 aromatic heterocycles. The summed E-state index contributed by atoms with van der Waals surface area (Å²) >= 11 is 0. The average molecular weight is 313 g/mol. The van der Waals surface area contributed by atoms with Gasteiger partial charge in [0, 0.05) is 19.4 Å². The molecule has 0 heterocycles. The molecular weight excluding hydrogens is 289 g/mol. The Kier molecular flexibility index (Phi) is 6.59. The lowest BCUT2D eigenvalue weighted by Gasteiger charge is -2.27. The third-order valence-electron chi connectivity index (χ3n) is 2.89. The highest BCUT2D eigenvalue weighted by Gasteiger charge is 2.39. The molecule has 0 radical (unpaired) electrons. The predicted molar refractivity (Wildman–Crippen MR) is 85.0 cm³/mol. The van der Waals surface area contributed by atoms with Gasteiger partial charge in [-0.25, -0.2) is 4.74 Å². The van der Waals surface area contributed by atoms with Gasteiger partial charge in [-0.2, -0.15) is 0 Å². The SMILES string of the molecule is CCOP(=O)(CC(C)(C)/[N+]([O-])=C/c1ccccc1)OCC. The Labute approximate surface area is 126 Å². The molecule has 0 N–H and O–H groups in total. The van der Waals surface area contributed by atoms with Gasteiger partial charge in [0.15, 0.2) is 11.8 Å². The van der Waals surface area contributed by atoms with Crippen LogP contribution in [0.15, 0.2) is 30.3 Å². The summed E-state index contributed by atoms with van der Waals surface area (Å²) in [6.45, 7) is 7.53. The van der Waals surface area contributed by atoms with Crippen molar-refractivity contribution in [3.63, 3.8) is 0 Å². The zero-order chi connectivity index (χ0) is 15.9. The molecule has 0 amide bonds. The number of hydrogen-bond donors (Lipinski definition) is 0. The molecule has 0 bridgehead atoms. The van der Waals surface area contributed by atoms with Gasteiger partial charge in [-0.15, -0.1) is 0 Å². The number of nitrogens with zero attached hydrogens (tertiary/aromatic N) is 1. The lowest BCUT2D eigenvalue weighted by atomic mass is 10.1. The van der Waals surface area contributed by atoms with Crippen molar-refractivity contribution in [3.05, 3.63) is 41.1 Å². The van der Waals surface area contributed by atoms with E-state index in [1.807, 2.05) is 30.3 Å². The van der Waals surface area contributed by atoms with Crippen LogP contribution in [0.1, 0.15) is 33.3 Å². The van der Waals surface area contributed by atoms with Crippen LogP contribution in [0.2, 0.25) is 0 Å². The van der Waals surface area contributed by atoms with Crippen LogP contribution in [0.5, 0.6) is 0 Å². The van der Waals surface area contributed by atoms with E-state index in [4.69, 9.17) is 9.05 Å². The number of hydrogen-bond acceptors (Lipinski definition) is 4. The van der Waals surface area contributed by atoms with Crippen molar-refractivity contribution in [1.82, 2.24) is 0 Å². The Balaban J connectivity index is 2.93. The van der Waals surface area contributed by atoms with E-state index in [9.17, 15) is 9.77 Å². The minimum Gasteiger partial charge on any atom is -0.623 e. The second-order valence-electron chi connectivity index (χ2n) is 5.28. The lowest BCUT2D eigenvalue weighted by Crippen LogP contribution is -2.37. The van der Waals surface area contributed by atoms with Gasteiger partial charge in [-0.1, -0.05) is 18.2 Å². The van der Waals surface area contributed by atoms with Crippen molar-refractivity contribution < 1.29 is 18.4 Å². The van der Waals surface area contributed by atoms with Gasteiger partial charge >= 0.3 is 7.60 Å². The van der Waals surface area contributed by atoms with E-state index >= 15 is 0 Å². The molecule has 118 valence electrons. The molecule has 0 unspecified atom stereocenters. The third kappa shape index (κ3) is 5.62. The molecule has 1 aromatic rings. The molecule has 0 atom stereocenters. The molecule has 0 fully saturated rings. The number of rotatable bonds is 8. The van der Waals surface area contributed by atoms with Gasteiger partial charge in [-0.05, 0) is 26.0 Å². The molecule has 6 heteroatoms. The van der Waals surface area contributed by atoms with Gasteiger partial charge < -0.3 is 14.3 Å². The van der Waals surface area contributed by atoms with Crippen LogP contribution in [-0.4, -0.2) is 35.9 Å². The first kappa shape index (κ1) is 17.9.